The van der Waals surface area contributed by atoms with Gasteiger partial charge in [0.05, 0.1) is 17.6 Å². The zero-order valence-electron chi connectivity index (χ0n) is 13.0. The molecule has 4 nitrogen and oxygen atoms in total. The summed E-state index contributed by atoms with van der Waals surface area (Å²) in [6.45, 7) is 11.1. The van der Waals surface area contributed by atoms with Crippen LogP contribution in [0.25, 0.3) is 0 Å². The average Bonchev–Trinajstić information content (AvgIpc) is 2.97. The van der Waals surface area contributed by atoms with Gasteiger partial charge < -0.3 is 10.6 Å². The highest BCUT2D eigenvalue weighted by atomic mass is 15.3. The Morgan fingerprint density at radius 3 is 2.65 bits per heavy atom. The monoisotopic (exact) mass is 276 g/mol. The number of nitrogens with zero attached hydrogens (tertiary/aromatic N) is 3. The van der Waals surface area contributed by atoms with Crippen LogP contribution in [-0.4, -0.2) is 42.1 Å². The smallest absolute Gasteiger partial charge is 0.0572 e. The summed E-state index contributed by atoms with van der Waals surface area (Å²) in [7, 11) is 0. The molecule has 20 heavy (non-hydrogen) atoms. The third-order valence-corrected chi connectivity index (χ3v) is 4.45. The van der Waals surface area contributed by atoms with Crippen LogP contribution in [0.15, 0.2) is 18.3 Å². The van der Waals surface area contributed by atoms with Crippen LogP contribution >= 0.6 is 0 Å². The van der Waals surface area contributed by atoms with Crippen molar-refractivity contribution in [3.05, 3.63) is 24.0 Å². The Kier molecular flexibility index (Phi) is 5.38. The summed E-state index contributed by atoms with van der Waals surface area (Å²) < 4.78 is 0. The van der Waals surface area contributed by atoms with E-state index in [1.807, 2.05) is 6.20 Å². The first kappa shape index (κ1) is 15.3. The molecule has 2 rings (SSSR count). The van der Waals surface area contributed by atoms with Crippen molar-refractivity contribution in [2.45, 2.75) is 45.7 Å². The maximum Gasteiger partial charge on any atom is 0.0572 e. The molecular formula is C16H28N4. The maximum absolute atomic E-state index is 6.01. The van der Waals surface area contributed by atoms with E-state index in [0.717, 1.165) is 38.3 Å². The molecule has 1 aliphatic rings. The van der Waals surface area contributed by atoms with Gasteiger partial charge >= 0.3 is 0 Å². The highest BCUT2D eigenvalue weighted by Crippen LogP contribution is 2.23. The van der Waals surface area contributed by atoms with E-state index in [0.29, 0.717) is 6.04 Å². The first-order chi connectivity index (χ1) is 9.69. The Labute approximate surface area is 123 Å². The van der Waals surface area contributed by atoms with E-state index >= 15 is 0 Å². The van der Waals surface area contributed by atoms with Gasteiger partial charge in [-0.05, 0) is 38.1 Å². The van der Waals surface area contributed by atoms with Crippen LogP contribution in [0.3, 0.4) is 0 Å². The SMILES string of the molecule is CC[C@H](N)c1ccc(N2CCC(N(CC)CC)C2)cn1. The zero-order valence-corrected chi connectivity index (χ0v) is 13.0. The normalized spacial score (nSPS) is 20.6. The molecule has 0 saturated carbocycles. The van der Waals surface area contributed by atoms with Gasteiger partial charge in [-0.15, -0.1) is 0 Å². The Balaban J connectivity index is 1.99. The van der Waals surface area contributed by atoms with Crippen LogP contribution in [0, 0.1) is 0 Å². The van der Waals surface area contributed by atoms with Gasteiger partial charge in [0.25, 0.3) is 0 Å². The summed E-state index contributed by atoms with van der Waals surface area (Å²) in [5, 5.41) is 0. The number of pyridine rings is 1. The number of likely N-dealkylation sites (N-methyl/N-ethyl adjacent to an activating group) is 1. The standard InChI is InChI=1S/C16H28N4/c1-4-15(17)16-8-7-13(11-18-16)20-10-9-14(12-20)19(5-2)6-3/h7-8,11,14-15H,4-6,9-10,12,17H2,1-3H3/t14?,15-/m0/s1. The van der Waals surface area contributed by atoms with Gasteiger partial charge in [-0.3, -0.25) is 9.88 Å². The predicted molar refractivity (Wildman–Crippen MR) is 85.0 cm³/mol. The van der Waals surface area contributed by atoms with Crippen molar-refractivity contribution >= 4 is 5.69 Å². The van der Waals surface area contributed by atoms with Crippen molar-refractivity contribution in [3.8, 4) is 0 Å². The van der Waals surface area contributed by atoms with Crippen LogP contribution < -0.4 is 10.6 Å². The Morgan fingerprint density at radius 2 is 2.10 bits per heavy atom. The average molecular weight is 276 g/mol. The Morgan fingerprint density at radius 1 is 1.35 bits per heavy atom. The molecule has 0 amide bonds. The molecule has 1 aromatic heterocycles. The lowest BCUT2D eigenvalue weighted by Gasteiger charge is -2.26. The van der Waals surface area contributed by atoms with Gasteiger partial charge in [-0.1, -0.05) is 20.8 Å². The summed E-state index contributed by atoms with van der Waals surface area (Å²) in [4.78, 5) is 9.52. The molecule has 2 heterocycles. The molecule has 2 N–H and O–H groups in total. The van der Waals surface area contributed by atoms with E-state index in [-0.39, 0.29) is 6.04 Å². The summed E-state index contributed by atoms with van der Waals surface area (Å²) in [5.41, 5.74) is 8.24. The van der Waals surface area contributed by atoms with Crippen LogP contribution in [0.1, 0.15) is 45.3 Å². The molecule has 0 aromatic carbocycles. The lowest BCUT2D eigenvalue weighted by molar-refractivity contribution is 0.232. The third-order valence-electron chi connectivity index (χ3n) is 4.45. The summed E-state index contributed by atoms with van der Waals surface area (Å²) in [6.07, 6.45) is 4.16. The van der Waals surface area contributed by atoms with E-state index < -0.39 is 0 Å². The van der Waals surface area contributed by atoms with Gasteiger partial charge in [0.2, 0.25) is 0 Å². The van der Waals surface area contributed by atoms with Crippen LogP contribution in [0.5, 0.6) is 0 Å². The molecule has 2 atom stereocenters. The topological polar surface area (TPSA) is 45.4 Å². The fourth-order valence-corrected chi connectivity index (χ4v) is 3.03. The Bertz CT molecular complexity index is 399. The van der Waals surface area contributed by atoms with Gasteiger partial charge in [0, 0.05) is 25.2 Å². The quantitative estimate of drug-likeness (QED) is 0.866. The second kappa shape index (κ2) is 7.04. The molecule has 0 radical (unpaired) electrons. The fraction of sp³-hybridized carbons (Fsp3) is 0.688. The van der Waals surface area contributed by atoms with Crippen molar-refractivity contribution in [2.75, 3.05) is 31.1 Å². The molecule has 1 saturated heterocycles. The van der Waals surface area contributed by atoms with E-state index in [9.17, 15) is 0 Å². The van der Waals surface area contributed by atoms with Crippen LogP contribution in [-0.2, 0) is 0 Å². The number of rotatable bonds is 6. The number of nitrogens with two attached hydrogens (primary N) is 1. The van der Waals surface area contributed by atoms with E-state index in [4.69, 9.17) is 5.73 Å². The van der Waals surface area contributed by atoms with Crippen LogP contribution in [0.4, 0.5) is 5.69 Å². The fourth-order valence-electron chi connectivity index (χ4n) is 3.03. The zero-order chi connectivity index (χ0) is 14.5. The maximum atomic E-state index is 6.01. The molecule has 112 valence electrons. The van der Waals surface area contributed by atoms with Crippen molar-refractivity contribution in [2.24, 2.45) is 5.73 Å². The largest absolute Gasteiger partial charge is 0.369 e. The minimum Gasteiger partial charge on any atom is -0.369 e. The molecule has 4 heteroatoms. The van der Waals surface area contributed by atoms with E-state index in [1.165, 1.54) is 12.1 Å². The van der Waals surface area contributed by atoms with Gasteiger partial charge in [0.15, 0.2) is 0 Å². The first-order valence-electron chi connectivity index (χ1n) is 7.90. The van der Waals surface area contributed by atoms with Crippen molar-refractivity contribution in [1.82, 2.24) is 9.88 Å². The predicted octanol–water partition coefficient (Wildman–Crippen LogP) is 2.41. The molecule has 1 fully saturated rings. The highest BCUT2D eigenvalue weighted by Gasteiger charge is 2.26. The molecule has 0 aliphatic carbocycles. The minimum atomic E-state index is 0.0612. The van der Waals surface area contributed by atoms with Crippen molar-refractivity contribution in [1.29, 1.82) is 0 Å². The third kappa shape index (κ3) is 3.30. The summed E-state index contributed by atoms with van der Waals surface area (Å²) in [6, 6.07) is 4.99. The molecule has 1 aromatic rings. The van der Waals surface area contributed by atoms with Crippen LogP contribution in [0.2, 0.25) is 0 Å². The van der Waals surface area contributed by atoms with E-state index in [2.05, 4.69) is 47.7 Å². The lowest BCUT2D eigenvalue weighted by Crippen LogP contribution is -2.37. The Hall–Kier alpha value is -1.13. The molecule has 1 aliphatic heterocycles. The number of anilines is 1. The molecule has 0 spiro atoms. The van der Waals surface area contributed by atoms with Gasteiger partial charge in [-0.2, -0.15) is 0 Å². The van der Waals surface area contributed by atoms with Crippen molar-refractivity contribution < 1.29 is 0 Å². The number of hydrogen-bond acceptors (Lipinski definition) is 4. The van der Waals surface area contributed by atoms with Crippen molar-refractivity contribution in [3.63, 3.8) is 0 Å². The van der Waals surface area contributed by atoms with Gasteiger partial charge in [-0.25, -0.2) is 0 Å². The van der Waals surface area contributed by atoms with E-state index in [1.54, 1.807) is 0 Å². The molecular weight excluding hydrogens is 248 g/mol. The molecule has 1 unspecified atom stereocenters. The summed E-state index contributed by atoms with van der Waals surface area (Å²) in [5.74, 6) is 0. The minimum absolute atomic E-state index is 0.0612. The summed E-state index contributed by atoms with van der Waals surface area (Å²) >= 11 is 0. The number of aromatic nitrogens is 1. The highest BCUT2D eigenvalue weighted by molar-refractivity contribution is 5.46. The molecule has 0 bridgehead atoms. The lowest BCUT2D eigenvalue weighted by atomic mass is 10.1. The second-order valence-electron chi connectivity index (χ2n) is 5.57. The first-order valence-corrected chi connectivity index (χ1v) is 7.90. The van der Waals surface area contributed by atoms with Gasteiger partial charge in [0.1, 0.15) is 0 Å². The second-order valence-corrected chi connectivity index (χ2v) is 5.57. The number of hydrogen-bond donors (Lipinski definition) is 1.